The van der Waals surface area contributed by atoms with E-state index in [-0.39, 0.29) is 5.82 Å². The van der Waals surface area contributed by atoms with Crippen molar-refractivity contribution in [2.75, 3.05) is 13.7 Å². The summed E-state index contributed by atoms with van der Waals surface area (Å²) in [6.07, 6.45) is -6.50. The zero-order chi connectivity index (χ0) is 15.6. The third-order valence-electron chi connectivity index (χ3n) is 3.24. The van der Waals surface area contributed by atoms with Crippen molar-refractivity contribution in [2.45, 2.75) is 24.4 Å². The molecule has 2 rings (SSSR count). The number of ether oxygens (including phenoxy) is 1. The fourth-order valence-corrected chi connectivity index (χ4v) is 1.96. The van der Waals surface area contributed by atoms with Crippen molar-refractivity contribution >= 4 is 11.0 Å². The van der Waals surface area contributed by atoms with Gasteiger partial charge < -0.3 is 35.3 Å². The first-order chi connectivity index (χ1) is 9.97. The quantitative estimate of drug-likeness (QED) is 0.389. The van der Waals surface area contributed by atoms with Gasteiger partial charge in [0.2, 0.25) is 0 Å². The predicted octanol–water partition coefficient (Wildman–Crippen LogP) is -1.32. The maximum Gasteiger partial charge on any atom is 0.140 e. The molecule has 8 heteroatoms. The van der Waals surface area contributed by atoms with Gasteiger partial charge in [0.15, 0.2) is 0 Å². The van der Waals surface area contributed by atoms with Gasteiger partial charge in [-0.05, 0) is 12.1 Å². The molecule has 0 aliphatic carbocycles. The summed E-state index contributed by atoms with van der Waals surface area (Å²) in [4.78, 5) is 6.91. The van der Waals surface area contributed by atoms with Crippen LogP contribution in [0.3, 0.4) is 0 Å². The second-order valence-electron chi connectivity index (χ2n) is 4.68. The molecule has 21 heavy (non-hydrogen) atoms. The summed E-state index contributed by atoms with van der Waals surface area (Å²) in [5.41, 5.74) is 1.14. The summed E-state index contributed by atoms with van der Waals surface area (Å²) in [5.74, 6) is 0.637. The van der Waals surface area contributed by atoms with Crippen molar-refractivity contribution in [3.8, 4) is 5.75 Å². The molecule has 0 radical (unpaired) electrons. The van der Waals surface area contributed by atoms with Gasteiger partial charge in [-0.3, -0.25) is 0 Å². The van der Waals surface area contributed by atoms with Crippen molar-refractivity contribution in [1.82, 2.24) is 9.97 Å². The minimum Gasteiger partial charge on any atom is -0.497 e. The molecule has 6 N–H and O–H groups in total. The van der Waals surface area contributed by atoms with Gasteiger partial charge in [-0.25, -0.2) is 4.98 Å². The van der Waals surface area contributed by atoms with E-state index >= 15 is 0 Å². The van der Waals surface area contributed by atoms with Gasteiger partial charge in [-0.1, -0.05) is 0 Å². The molecule has 0 saturated carbocycles. The Kier molecular flexibility index (Phi) is 4.76. The Morgan fingerprint density at radius 3 is 2.52 bits per heavy atom. The Morgan fingerprint density at radius 1 is 1.19 bits per heavy atom. The number of methoxy groups -OCH3 is 1. The van der Waals surface area contributed by atoms with E-state index in [1.807, 2.05) is 0 Å². The third-order valence-corrected chi connectivity index (χ3v) is 3.24. The number of aromatic nitrogens is 2. The molecule has 0 aliphatic heterocycles. The lowest BCUT2D eigenvalue weighted by molar-refractivity contribution is -0.117. The number of aliphatic hydroxyl groups is 5. The van der Waals surface area contributed by atoms with E-state index in [1.165, 1.54) is 7.11 Å². The molecule has 0 bridgehead atoms. The number of benzene rings is 1. The fraction of sp³-hybridized carbons (Fsp3) is 0.462. The lowest BCUT2D eigenvalue weighted by Crippen LogP contribution is -2.42. The molecule has 8 nitrogen and oxygen atoms in total. The molecule has 0 fully saturated rings. The predicted molar refractivity (Wildman–Crippen MR) is 72.7 cm³/mol. The number of H-pyrrole nitrogens is 1. The number of aliphatic hydroxyl groups excluding tert-OH is 5. The van der Waals surface area contributed by atoms with E-state index in [2.05, 4.69) is 9.97 Å². The minimum absolute atomic E-state index is 0.0370. The van der Waals surface area contributed by atoms with E-state index < -0.39 is 31.0 Å². The number of aromatic amines is 1. The average molecular weight is 298 g/mol. The van der Waals surface area contributed by atoms with Gasteiger partial charge in [0.25, 0.3) is 0 Å². The summed E-state index contributed by atoms with van der Waals surface area (Å²) >= 11 is 0. The second-order valence-corrected chi connectivity index (χ2v) is 4.68. The monoisotopic (exact) mass is 298 g/mol. The normalized spacial score (nSPS) is 17.4. The number of hydrogen-bond donors (Lipinski definition) is 6. The number of nitrogens with zero attached hydrogens (tertiary/aromatic N) is 1. The zero-order valence-electron chi connectivity index (χ0n) is 11.3. The van der Waals surface area contributed by atoms with E-state index in [0.717, 1.165) is 0 Å². The van der Waals surface area contributed by atoms with E-state index in [1.54, 1.807) is 18.2 Å². The highest BCUT2D eigenvalue weighted by atomic mass is 16.5. The van der Waals surface area contributed by atoms with Crippen molar-refractivity contribution in [2.24, 2.45) is 0 Å². The number of nitrogens with one attached hydrogen (secondary N) is 1. The molecule has 4 atom stereocenters. The van der Waals surface area contributed by atoms with Gasteiger partial charge in [0.05, 0.1) is 24.8 Å². The zero-order valence-corrected chi connectivity index (χ0v) is 11.3. The molecule has 1 aromatic heterocycles. The molecule has 4 unspecified atom stereocenters. The lowest BCUT2D eigenvalue weighted by atomic mass is 10.0. The Bertz CT molecular complexity index is 601. The molecule has 1 heterocycles. The van der Waals surface area contributed by atoms with Crippen LogP contribution in [0.15, 0.2) is 18.2 Å². The van der Waals surface area contributed by atoms with E-state index in [9.17, 15) is 20.4 Å². The van der Waals surface area contributed by atoms with Crippen LogP contribution in [0.5, 0.6) is 5.75 Å². The minimum atomic E-state index is -1.70. The topological polar surface area (TPSA) is 139 Å². The van der Waals surface area contributed by atoms with Crippen LogP contribution in [-0.2, 0) is 0 Å². The first-order valence-corrected chi connectivity index (χ1v) is 6.34. The number of fused-ring (bicyclic) bond motifs is 1. The van der Waals surface area contributed by atoms with Crippen LogP contribution < -0.4 is 4.74 Å². The maximum absolute atomic E-state index is 10.0. The van der Waals surface area contributed by atoms with Gasteiger partial charge in [-0.2, -0.15) is 0 Å². The molecule has 116 valence electrons. The lowest BCUT2D eigenvalue weighted by Gasteiger charge is -2.24. The van der Waals surface area contributed by atoms with Crippen LogP contribution in [0.2, 0.25) is 0 Å². The first kappa shape index (κ1) is 15.7. The van der Waals surface area contributed by atoms with Gasteiger partial charge in [0.1, 0.15) is 36.0 Å². The Balaban J connectivity index is 2.24. The highest BCUT2D eigenvalue weighted by Gasteiger charge is 2.32. The van der Waals surface area contributed by atoms with Gasteiger partial charge in [-0.15, -0.1) is 0 Å². The maximum atomic E-state index is 10.0. The summed E-state index contributed by atoms with van der Waals surface area (Å²) in [6.45, 7) is -0.734. The van der Waals surface area contributed by atoms with E-state index in [0.29, 0.717) is 16.8 Å². The Hall–Kier alpha value is -1.71. The smallest absolute Gasteiger partial charge is 0.140 e. The van der Waals surface area contributed by atoms with Crippen LogP contribution in [0.25, 0.3) is 11.0 Å². The highest BCUT2D eigenvalue weighted by Crippen LogP contribution is 2.23. The first-order valence-electron chi connectivity index (χ1n) is 6.34. The van der Waals surface area contributed by atoms with Crippen molar-refractivity contribution in [3.63, 3.8) is 0 Å². The summed E-state index contributed by atoms with van der Waals surface area (Å²) in [5, 5.41) is 47.4. The van der Waals surface area contributed by atoms with Crippen LogP contribution in [0.1, 0.15) is 11.9 Å². The van der Waals surface area contributed by atoms with Crippen molar-refractivity contribution in [3.05, 3.63) is 24.0 Å². The standard InChI is InChI=1S/C13H18N2O6/c1-21-6-2-3-7-8(4-6)15-13(14-7)12(20)11(19)10(18)9(17)5-16/h2-4,9-12,16-20H,5H2,1H3,(H,14,15). The molecule has 0 spiro atoms. The van der Waals surface area contributed by atoms with Crippen LogP contribution in [-0.4, -0.2) is 67.5 Å². The SMILES string of the molecule is COc1ccc2nc(C(O)C(O)C(O)C(O)CO)[nH]c2c1. The van der Waals surface area contributed by atoms with Crippen LogP contribution in [0.4, 0.5) is 0 Å². The number of imidazole rings is 1. The highest BCUT2D eigenvalue weighted by molar-refractivity contribution is 5.76. The number of hydrogen-bond acceptors (Lipinski definition) is 7. The van der Waals surface area contributed by atoms with Crippen molar-refractivity contribution < 1.29 is 30.3 Å². The van der Waals surface area contributed by atoms with Gasteiger partial charge >= 0.3 is 0 Å². The van der Waals surface area contributed by atoms with E-state index in [4.69, 9.17) is 9.84 Å². The molecular weight excluding hydrogens is 280 g/mol. The molecule has 1 aromatic carbocycles. The third kappa shape index (κ3) is 3.14. The molecular formula is C13H18N2O6. The molecule has 0 amide bonds. The number of rotatable bonds is 6. The average Bonchev–Trinajstić information content (AvgIpc) is 2.94. The summed E-state index contributed by atoms with van der Waals surface area (Å²) in [7, 11) is 1.52. The molecule has 0 saturated heterocycles. The Morgan fingerprint density at radius 2 is 1.90 bits per heavy atom. The largest absolute Gasteiger partial charge is 0.497 e. The van der Waals surface area contributed by atoms with Crippen LogP contribution in [0, 0.1) is 0 Å². The van der Waals surface area contributed by atoms with Crippen LogP contribution >= 0.6 is 0 Å². The molecule has 2 aromatic rings. The van der Waals surface area contributed by atoms with Crippen molar-refractivity contribution in [1.29, 1.82) is 0 Å². The summed E-state index contributed by atoms with van der Waals surface area (Å²) in [6, 6.07) is 5.04. The fourth-order valence-electron chi connectivity index (χ4n) is 1.96. The van der Waals surface area contributed by atoms with Gasteiger partial charge in [0, 0.05) is 6.07 Å². The summed E-state index contributed by atoms with van der Waals surface area (Å²) < 4.78 is 5.06. The molecule has 0 aliphatic rings. The Labute approximate surface area is 120 Å². The second kappa shape index (κ2) is 6.37.